The summed E-state index contributed by atoms with van der Waals surface area (Å²) in [6.07, 6.45) is 3.76. The lowest BCUT2D eigenvalue weighted by Crippen LogP contribution is -2.68. The second-order valence-electron chi connectivity index (χ2n) is 18.8. The molecule has 7 heterocycles. The van der Waals surface area contributed by atoms with Crippen molar-refractivity contribution in [3.63, 3.8) is 0 Å². The predicted octanol–water partition coefficient (Wildman–Crippen LogP) is 5.70. The van der Waals surface area contributed by atoms with E-state index in [1.165, 1.54) is 4.79 Å². The largest absolute Gasteiger partial charge is 0.443 e. The molecule has 6 aromatic heterocycles. The van der Waals surface area contributed by atoms with Crippen molar-refractivity contribution in [3.8, 4) is 6.07 Å². The number of aromatic nitrogens is 10. The van der Waals surface area contributed by atoms with Crippen LogP contribution in [0.25, 0.3) is 16.2 Å². The van der Waals surface area contributed by atoms with Crippen molar-refractivity contribution in [1.29, 1.82) is 0 Å². The van der Waals surface area contributed by atoms with E-state index in [4.69, 9.17) is 34.0 Å². The van der Waals surface area contributed by atoms with Gasteiger partial charge in [-0.3, -0.25) is 19.2 Å². The van der Waals surface area contributed by atoms with E-state index in [2.05, 4.69) is 52.5 Å². The zero-order valence-electron chi connectivity index (χ0n) is 35.9. The number of ether oxygens (including phenoxy) is 4. The van der Waals surface area contributed by atoms with E-state index in [1.807, 2.05) is 13.1 Å². The number of aryl methyl sites for hydroxylation is 1. The number of nitrogens with one attached hydrogen (secondary N) is 5. The predicted molar refractivity (Wildman–Crippen MR) is 228 cm³/mol. The summed E-state index contributed by atoms with van der Waals surface area (Å²) in [4.78, 5) is 49.9. The zero-order chi connectivity index (χ0) is 44.9. The molecule has 0 unspecified atom stereocenters. The van der Waals surface area contributed by atoms with Crippen molar-refractivity contribution >= 4 is 47.0 Å². The number of aromatic amines is 1. The summed E-state index contributed by atoms with van der Waals surface area (Å²) < 4.78 is 57.1. The number of hydrogen-bond donors (Lipinski definition) is 5. The van der Waals surface area contributed by atoms with Gasteiger partial charge in [0.15, 0.2) is 23.8 Å². The molecule has 1 saturated heterocycles. The molecule has 23 heteroatoms. The second-order valence-corrected chi connectivity index (χ2v) is 18.8. The SMILES string of the molecule is COCc1cn2c(Nc3cc([C@H]4OC[C@@H](OC(=O)NC56CC(C5)C6)[C@H]4F)[nH]n3)nc(C#[N+]n3nc(Nc4nccc5nc(C)cn45)cc3[C@H]3C[C@@H](F)[C@@H](OC(=O)NC45CC(C4)C5)C3)cc2n1. The second kappa shape index (κ2) is 15.3. The van der Waals surface area contributed by atoms with Gasteiger partial charge in [-0.05, 0) is 81.1 Å². The number of nitrogens with zero attached hydrogens (tertiary/aromatic N) is 10. The van der Waals surface area contributed by atoms with Crippen LogP contribution < -0.4 is 21.3 Å². The number of rotatable bonds is 12. The quantitative estimate of drug-likeness (QED) is 0.0993. The molecule has 0 spiro atoms. The molecular weight excluding hydrogens is 861 g/mol. The molecule has 7 saturated carbocycles. The average molecular weight is 907 g/mol. The van der Waals surface area contributed by atoms with E-state index in [0.717, 1.165) is 44.2 Å². The minimum absolute atomic E-state index is 0.0691. The van der Waals surface area contributed by atoms with Crippen molar-refractivity contribution in [2.45, 2.75) is 113 Å². The third-order valence-corrected chi connectivity index (χ3v) is 13.9. The fourth-order valence-corrected chi connectivity index (χ4v) is 10.5. The van der Waals surface area contributed by atoms with Gasteiger partial charge in [0.05, 0.1) is 40.2 Å². The van der Waals surface area contributed by atoms with E-state index in [9.17, 15) is 9.59 Å². The molecule has 66 heavy (non-hydrogen) atoms. The molecule has 2 amide bonds. The molecule has 0 radical (unpaired) electrons. The van der Waals surface area contributed by atoms with Crippen LogP contribution in [0.3, 0.4) is 0 Å². The summed E-state index contributed by atoms with van der Waals surface area (Å²) in [6.45, 7) is 1.99. The first-order chi connectivity index (χ1) is 31.9. The maximum absolute atomic E-state index is 15.7. The minimum atomic E-state index is -1.63. The Balaban J connectivity index is 0.809. The van der Waals surface area contributed by atoms with Gasteiger partial charge in [-0.1, -0.05) is 0 Å². The van der Waals surface area contributed by atoms with Crippen molar-refractivity contribution in [2.24, 2.45) is 11.8 Å². The highest BCUT2D eigenvalue weighted by Gasteiger charge is 2.59. The minimum Gasteiger partial charge on any atom is -0.443 e. The maximum Gasteiger partial charge on any atom is 0.408 e. The first-order valence-corrected chi connectivity index (χ1v) is 22.2. The Kier molecular flexibility index (Phi) is 9.42. The van der Waals surface area contributed by atoms with Gasteiger partial charge >= 0.3 is 12.2 Å². The summed E-state index contributed by atoms with van der Waals surface area (Å²) in [5.74, 6) is 2.27. The number of imidazole rings is 2. The molecule has 0 aromatic carbocycles. The van der Waals surface area contributed by atoms with Gasteiger partial charge in [0, 0.05) is 60.9 Å². The smallest absolute Gasteiger partial charge is 0.408 e. The van der Waals surface area contributed by atoms with Crippen LogP contribution >= 0.6 is 0 Å². The first-order valence-electron chi connectivity index (χ1n) is 22.2. The van der Waals surface area contributed by atoms with E-state index < -0.39 is 48.8 Å². The first kappa shape index (κ1) is 40.6. The van der Waals surface area contributed by atoms with Crippen molar-refractivity contribution in [3.05, 3.63) is 76.3 Å². The maximum atomic E-state index is 15.7. The lowest BCUT2D eigenvalue weighted by Gasteiger charge is -2.61. The normalized spacial score (nSPS) is 30.1. The Labute approximate surface area is 374 Å². The molecule has 8 aliphatic rings. The Morgan fingerprint density at radius 1 is 0.909 bits per heavy atom. The zero-order valence-corrected chi connectivity index (χ0v) is 35.9. The van der Waals surface area contributed by atoms with Gasteiger partial charge in [-0.2, -0.15) is 5.10 Å². The Bertz CT molecular complexity index is 2940. The number of alkyl halides is 2. The number of carbonyl (C=O) groups excluding carboxylic acids is 2. The lowest BCUT2D eigenvalue weighted by atomic mass is 9.50. The van der Waals surface area contributed by atoms with Gasteiger partial charge in [-0.25, -0.2) is 38.3 Å². The van der Waals surface area contributed by atoms with Crippen LogP contribution in [-0.4, -0.2) is 110 Å². The highest BCUT2D eigenvalue weighted by Crippen LogP contribution is 2.57. The molecule has 5 N–H and O–H groups in total. The number of carbonyl (C=O) groups is 2. The van der Waals surface area contributed by atoms with Crippen molar-refractivity contribution < 1.29 is 37.3 Å². The number of anilines is 4. The van der Waals surface area contributed by atoms with Gasteiger partial charge in [0.25, 0.3) is 5.82 Å². The fraction of sp³-hybridized carbons (Fsp3) is 0.512. The van der Waals surface area contributed by atoms with Crippen LogP contribution in [0, 0.1) is 24.8 Å². The Morgan fingerprint density at radius 2 is 1.64 bits per heavy atom. The van der Waals surface area contributed by atoms with Crippen LogP contribution in [0.4, 0.5) is 41.9 Å². The third kappa shape index (κ3) is 7.27. The number of fused-ring (bicyclic) bond motifs is 2. The molecule has 342 valence electrons. The van der Waals surface area contributed by atoms with Crippen LogP contribution in [0.5, 0.6) is 0 Å². The summed E-state index contributed by atoms with van der Waals surface area (Å²) in [6, 6.07) is 9.80. The summed E-state index contributed by atoms with van der Waals surface area (Å²) >= 11 is 0. The van der Waals surface area contributed by atoms with E-state index in [-0.39, 0.29) is 54.6 Å². The molecule has 7 aliphatic carbocycles. The molecule has 6 aromatic rings. The number of hydrogen-bond acceptors (Lipinski definition) is 14. The summed E-state index contributed by atoms with van der Waals surface area (Å²) in [5.41, 5.74) is 3.29. The monoisotopic (exact) mass is 906 g/mol. The van der Waals surface area contributed by atoms with E-state index in [0.29, 0.717) is 52.0 Å². The van der Waals surface area contributed by atoms with Crippen LogP contribution in [-0.2, 0) is 25.6 Å². The highest BCUT2D eigenvalue weighted by atomic mass is 19.1. The topological polar surface area (TPSA) is 230 Å². The molecular formula is C43H46F2N15O6+. The van der Waals surface area contributed by atoms with E-state index in [1.54, 1.807) is 52.6 Å². The van der Waals surface area contributed by atoms with Crippen molar-refractivity contribution in [2.75, 3.05) is 24.4 Å². The molecule has 21 nitrogen and oxygen atoms in total. The number of amides is 2. The van der Waals surface area contributed by atoms with Crippen LogP contribution in [0.15, 0.2) is 42.9 Å². The molecule has 1 aliphatic heterocycles. The standard InChI is InChI=1S/C43H45F2N15O6/c1-21-17-58-34(48-21)3-4-46-38(58)52-33-9-29(24-5-27(44)30(6-24)65-40(61)53-42-10-22(11-42)12-42)60(57-33)47-16-25-7-35-49-26(19-63-2)18-59(35)39(50-25)51-32-8-28(55-56-32)37-36(45)31(20-64-37)66-41(62)54-43-13-23(14-43)15-43/h3-4,7-9,17-18,22-24,27,30-31,36-37,49H,5-6,10-15,19-20H2,1-2H3,(H3,46,48,52,53,54,57,61,62)/p+1/t22?,23?,24-,27+,30-,31+,36+,37+,42?,43?/m0/s1. The lowest BCUT2D eigenvalue weighted by molar-refractivity contribution is -0.0533. The molecule has 14 rings (SSSR count). The Morgan fingerprint density at radius 3 is 2.36 bits per heavy atom. The molecule has 4 bridgehead atoms. The van der Waals surface area contributed by atoms with Gasteiger partial charge < -0.3 is 34.9 Å². The van der Waals surface area contributed by atoms with Gasteiger partial charge in [0.1, 0.15) is 35.4 Å². The summed E-state index contributed by atoms with van der Waals surface area (Å²) in [7, 11) is 1.56. The van der Waals surface area contributed by atoms with Gasteiger partial charge in [0.2, 0.25) is 18.0 Å². The van der Waals surface area contributed by atoms with E-state index >= 15 is 8.78 Å². The van der Waals surface area contributed by atoms with Crippen molar-refractivity contribution in [1.82, 2.24) is 59.5 Å². The van der Waals surface area contributed by atoms with Crippen LogP contribution in [0.2, 0.25) is 0 Å². The third-order valence-electron chi connectivity index (χ3n) is 13.9. The average Bonchev–Trinajstić information content (AvgIpc) is 4.09. The van der Waals surface area contributed by atoms with Crippen LogP contribution in [0.1, 0.15) is 91.9 Å². The number of methoxy groups -OCH3 is 1. The number of alkyl carbamates (subject to hydrolysis) is 2. The number of H-pyrrole nitrogens is 1. The number of halogens is 2. The Hall–Kier alpha value is -6.93. The molecule has 8 fully saturated rings. The molecule has 6 atom stereocenters. The highest BCUT2D eigenvalue weighted by molar-refractivity contribution is 5.70. The fourth-order valence-electron chi connectivity index (χ4n) is 10.5. The van der Waals surface area contributed by atoms with Gasteiger partial charge in [-0.15, -0.1) is 0 Å². The summed E-state index contributed by atoms with van der Waals surface area (Å²) in [5, 5.41) is 24.2.